The summed E-state index contributed by atoms with van der Waals surface area (Å²) in [6.07, 6.45) is 2.60. The second kappa shape index (κ2) is 18.5. The molecule has 11 N–H and O–H groups in total. The van der Waals surface area contributed by atoms with Gasteiger partial charge in [-0.05, 0) is 25.3 Å². The van der Waals surface area contributed by atoms with Crippen LogP contribution >= 0.6 is 0 Å². The van der Waals surface area contributed by atoms with E-state index in [0.717, 1.165) is 25.8 Å². The molecule has 12 heteroatoms. The SMILES string of the molecule is CC[C@H](C)[C@H](N)C(=O)O.NCC(=O)O.NCC(=O)O.O=C(O)[C@@H]1CCCN1. The Labute approximate surface area is 157 Å². The van der Waals surface area contributed by atoms with Gasteiger partial charge in [-0.15, -0.1) is 0 Å². The van der Waals surface area contributed by atoms with Gasteiger partial charge in [-0.2, -0.15) is 0 Å². The van der Waals surface area contributed by atoms with E-state index >= 15 is 0 Å². The highest BCUT2D eigenvalue weighted by Gasteiger charge is 2.20. The highest BCUT2D eigenvalue weighted by molar-refractivity contribution is 5.74. The van der Waals surface area contributed by atoms with Crippen LogP contribution in [0.5, 0.6) is 0 Å². The summed E-state index contributed by atoms with van der Waals surface area (Å²) in [6, 6.07) is -0.968. The molecule has 0 aromatic heterocycles. The first kappa shape index (κ1) is 29.5. The Kier molecular flexibility index (Phi) is 20.2. The number of hydrogen-bond donors (Lipinski definition) is 8. The van der Waals surface area contributed by atoms with Gasteiger partial charge in [0.05, 0.1) is 13.1 Å². The fourth-order valence-corrected chi connectivity index (χ4v) is 1.39. The van der Waals surface area contributed by atoms with Gasteiger partial charge < -0.3 is 42.9 Å². The molecule has 0 spiro atoms. The maximum atomic E-state index is 10.2. The lowest BCUT2D eigenvalue weighted by atomic mass is 10.0. The summed E-state index contributed by atoms with van der Waals surface area (Å²) in [7, 11) is 0. The van der Waals surface area contributed by atoms with Crippen LogP contribution < -0.4 is 22.5 Å². The summed E-state index contributed by atoms with van der Waals surface area (Å²) in [4.78, 5) is 38.8. The van der Waals surface area contributed by atoms with Gasteiger partial charge in [0.2, 0.25) is 0 Å². The molecule has 0 aromatic carbocycles. The zero-order chi connectivity index (χ0) is 22.0. The highest BCUT2D eigenvalue weighted by Crippen LogP contribution is 2.04. The third kappa shape index (κ3) is 21.7. The molecule has 12 nitrogen and oxygen atoms in total. The molecule has 1 aliphatic heterocycles. The summed E-state index contributed by atoms with van der Waals surface area (Å²) >= 11 is 0. The topological polar surface area (TPSA) is 239 Å². The van der Waals surface area contributed by atoms with Crippen molar-refractivity contribution in [1.82, 2.24) is 5.32 Å². The summed E-state index contributed by atoms with van der Waals surface area (Å²) in [5.74, 6) is -3.50. The molecule has 0 saturated carbocycles. The van der Waals surface area contributed by atoms with Crippen LogP contribution in [0, 0.1) is 5.92 Å². The normalized spacial score (nSPS) is 16.7. The largest absolute Gasteiger partial charge is 0.480 e. The smallest absolute Gasteiger partial charge is 0.320 e. The predicted octanol–water partition coefficient (Wildman–Crippen LogP) is -1.67. The van der Waals surface area contributed by atoms with Crippen LogP contribution in [-0.2, 0) is 19.2 Å². The number of rotatable bonds is 6. The molecule has 1 heterocycles. The molecule has 0 radical (unpaired) electrons. The van der Waals surface area contributed by atoms with Crippen molar-refractivity contribution in [3.05, 3.63) is 0 Å². The molecule has 160 valence electrons. The Bertz CT molecular complexity index is 428. The monoisotopic (exact) mass is 396 g/mol. The number of carboxylic acids is 4. The quantitative estimate of drug-likeness (QED) is 0.251. The van der Waals surface area contributed by atoms with Crippen LogP contribution in [0.1, 0.15) is 33.1 Å². The molecular formula is C15H32N4O8. The zero-order valence-corrected chi connectivity index (χ0v) is 15.6. The molecule has 3 atom stereocenters. The molecule has 0 aromatic rings. The van der Waals surface area contributed by atoms with E-state index in [1.807, 2.05) is 13.8 Å². The average Bonchev–Trinajstić information content (AvgIpc) is 3.16. The summed E-state index contributed by atoms with van der Waals surface area (Å²) in [6.45, 7) is 4.06. The molecule has 1 aliphatic rings. The number of carbonyl (C=O) groups is 4. The lowest BCUT2D eigenvalue weighted by Crippen LogP contribution is -2.36. The molecule has 1 fully saturated rings. The first-order chi connectivity index (χ1) is 12.4. The van der Waals surface area contributed by atoms with E-state index in [0.29, 0.717) is 0 Å². The fourth-order valence-electron chi connectivity index (χ4n) is 1.39. The van der Waals surface area contributed by atoms with Crippen LogP contribution in [-0.4, -0.2) is 76.0 Å². The molecule has 0 bridgehead atoms. The molecule has 0 amide bonds. The molecular weight excluding hydrogens is 364 g/mol. The van der Waals surface area contributed by atoms with Gasteiger partial charge in [-0.1, -0.05) is 20.3 Å². The number of nitrogens with two attached hydrogens (primary N) is 3. The summed E-state index contributed by atoms with van der Waals surface area (Å²) < 4.78 is 0. The maximum Gasteiger partial charge on any atom is 0.320 e. The third-order valence-electron chi connectivity index (χ3n) is 3.25. The van der Waals surface area contributed by atoms with Crippen molar-refractivity contribution in [3.8, 4) is 0 Å². The Morgan fingerprint density at radius 2 is 1.44 bits per heavy atom. The van der Waals surface area contributed by atoms with Crippen LogP contribution in [0.2, 0.25) is 0 Å². The van der Waals surface area contributed by atoms with Crippen molar-refractivity contribution >= 4 is 23.9 Å². The molecule has 0 unspecified atom stereocenters. The molecule has 1 rings (SSSR count). The van der Waals surface area contributed by atoms with Gasteiger partial charge >= 0.3 is 23.9 Å². The van der Waals surface area contributed by atoms with Crippen molar-refractivity contribution in [2.45, 2.75) is 45.2 Å². The van der Waals surface area contributed by atoms with Crippen molar-refractivity contribution in [1.29, 1.82) is 0 Å². The van der Waals surface area contributed by atoms with Crippen LogP contribution in [0.4, 0.5) is 0 Å². The number of aliphatic carboxylic acids is 4. The second-order valence-electron chi connectivity index (χ2n) is 5.43. The van der Waals surface area contributed by atoms with Gasteiger partial charge in [-0.3, -0.25) is 19.2 Å². The van der Waals surface area contributed by atoms with Gasteiger partial charge in [-0.25, -0.2) is 0 Å². The summed E-state index contributed by atoms with van der Waals surface area (Å²) in [5, 5.41) is 34.8. The Hall–Kier alpha value is -2.28. The number of carboxylic acid groups (broad SMARTS) is 4. The first-order valence-electron chi connectivity index (χ1n) is 8.22. The van der Waals surface area contributed by atoms with Crippen LogP contribution in [0.3, 0.4) is 0 Å². The van der Waals surface area contributed by atoms with E-state index in [1.165, 1.54) is 0 Å². The number of nitrogens with one attached hydrogen (secondary N) is 1. The van der Waals surface area contributed by atoms with Crippen LogP contribution in [0.25, 0.3) is 0 Å². The van der Waals surface area contributed by atoms with Crippen LogP contribution in [0.15, 0.2) is 0 Å². The van der Waals surface area contributed by atoms with Crippen molar-refractivity contribution in [2.75, 3.05) is 19.6 Å². The van der Waals surface area contributed by atoms with Crippen molar-refractivity contribution in [2.24, 2.45) is 23.1 Å². The van der Waals surface area contributed by atoms with Gasteiger partial charge in [0, 0.05) is 0 Å². The maximum absolute atomic E-state index is 10.2. The standard InChI is InChI=1S/C6H13NO2.C5H9NO2.2C2H5NO2/c1-3-4(2)5(7)6(8)9;7-5(8)4-2-1-3-6-4;2*3-1-2(4)5/h4-5H,3,7H2,1-2H3,(H,8,9);4,6H,1-3H2,(H,7,8);2*1,3H2,(H,4,5)/t4-,5-;4-;;/m00../s1. The Morgan fingerprint density at radius 3 is 1.56 bits per heavy atom. The minimum Gasteiger partial charge on any atom is -0.480 e. The molecule has 27 heavy (non-hydrogen) atoms. The first-order valence-corrected chi connectivity index (χ1v) is 8.22. The second-order valence-corrected chi connectivity index (χ2v) is 5.43. The lowest BCUT2D eigenvalue weighted by molar-refractivity contribution is -0.140. The van der Waals surface area contributed by atoms with E-state index in [9.17, 15) is 19.2 Å². The van der Waals surface area contributed by atoms with E-state index in [-0.39, 0.29) is 25.0 Å². The zero-order valence-electron chi connectivity index (χ0n) is 15.6. The summed E-state index contributed by atoms with van der Waals surface area (Å²) in [5.41, 5.74) is 14.4. The Balaban J connectivity index is -0.000000295. The van der Waals surface area contributed by atoms with Gasteiger partial charge in [0.1, 0.15) is 12.1 Å². The Morgan fingerprint density at radius 1 is 1.04 bits per heavy atom. The third-order valence-corrected chi connectivity index (χ3v) is 3.25. The minimum absolute atomic E-state index is 0.0718. The van der Waals surface area contributed by atoms with E-state index in [4.69, 9.17) is 26.2 Å². The fraction of sp³-hybridized carbons (Fsp3) is 0.733. The minimum atomic E-state index is -0.968. The average molecular weight is 396 g/mol. The lowest BCUT2D eigenvalue weighted by Gasteiger charge is -2.11. The van der Waals surface area contributed by atoms with Crippen molar-refractivity contribution in [3.63, 3.8) is 0 Å². The van der Waals surface area contributed by atoms with Crippen molar-refractivity contribution < 1.29 is 39.6 Å². The molecule has 0 aliphatic carbocycles. The molecule has 1 saturated heterocycles. The predicted molar refractivity (Wildman–Crippen MR) is 97.1 cm³/mol. The number of hydrogen-bond acceptors (Lipinski definition) is 8. The van der Waals surface area contributed by atoms with Gasteiger partial charge in [0.15, 0.2) is 0 Å². The van der Waals surface area contributed by atoms with E-state index in [2.05, 4.69) is 16.8 Å². The highest BCUT2D eigenvalue weighted by atomic mass is 16.4. The van der Waals surface area contributed by atoms with E-state index < -0.39 is 29.9 Å². The van der Waals surface area contributed by atoms with Gasteiger partial charge in [0.25, 0.3) is 0 Å². The van der Waals surface area contributed by atoms with E-state index in [1.54, 1.807) is 0 Å².